The van der Waals surface area contributed by atoms with E-state index in [0.717, 1.165) is 33.7 Å². The van der Waals surface area contributed by atoms with Crippen molar-refractivity contribution in [2.45, 2.75) is 6.61 Å². The monoisotopic (exact) mass is 306 g/mol. The molecule has 1 N–H and O–H groups in total. The van der Waals surface area contributed by atoms with Crippen LogP contribution in [-0.4, -0.2) is 23.0 Å². The van der Waals surface area contributed by atoms with Crippen LogP contribution in [0, 0.1) is 0 Å². The number of para-hydroxylation sites is 1. The Morgan fingerprint density at radius 3 is 2.91 bits per heavy atom. The third-order valence-electron chi connectivity index (χ3n) is 3.97. The topological polar surface area (TPSA) is 64.2 Å². The number of nitrogens with zero attached hydrogens (tertiary/aromatic N) is 1. The standard InChI is InChI=1S/C18H14N2O3/c1-22-18(21)17-15(11-5-4-8-19-9-11)13-10-23-14-7-3-2-6-12(14)16(13)20-17/h2-9,20H,10H2,1H3. The van der Waals surface area contributed by atoms with Gasteiger partial charge in [0.2, 0.25) is 0 Å². The number of pyridine rings is 1. The van der Waals surface area contributed by atoms with Gasteiger partial charge in [0.25, 0.3) is 0 Å². The van der Waals surface area contributed by atoms with Crippen molar-refractivity contribution in [3.63, 3.8) is 0 Å². The summed E-state index contributed by atoms with van der Waals surface area (Å²) in [6.07, 6.45) is 3.43. The molecule has 1 aliphatic heterocycles. The molecule has 0 saturated heterocycles. The van der Waals surface area contributed by atoms with Crippen molar-refractivity contribution in [1.29, 1.82) is 0 Å². The van der Waals surface area contributed by atoms with Gasteiger partial charge >= 0.3 is 5.97 Å². The summed E-state index contributed by atoms with van der Waals surface area (Å²) in [5.74, 6) is 0.395. The maximum absolute atomic E-state index is 12.2. The number of carbonyl (C=O) groups excluding carboxylic acids is 1. The number of esters is 1. The second-order valence-electron chi connectivity index (χ2n) is 5.25. The highest BCUT2D eigenvalue weighted by atomic mass is 16.5. The summed E-state index contributed by atoms with van der Waals surface area (Å²) in [6, 6.07) is 11.5. The van der Waals surface area contributed by atoms with Crippen LogP contribution in [0.5, 0.6) is 5.75 Å². The van der Waals surface area contributed by atoms with Crippen LogP contribution in [0.1, 0.15) is 16.1 Å². The summed E-state index contributed by atoms with van der Waals surface area (Å²) in [4.78, 5) is 19.6. The second-order valence-corrected chi connectivity index (χ2v) is 5.25. The number of hydrogen-bond acceptors (Lipinski definition) is 4. The number of fused-ring (bicyclic) bond motifs is 3. The van der Waals surface area contributed by atoms with Crippen LogP contribution in [-0.2, 0) is 11.3 Å². The molecule has 5 heteroatoms. The van der Waals surface area contributed by atoms with E-state index in [2.05, 4.69) is 9.97 Å². The number of methoxy groups -OCH3 is 1. The molecule has 114 valence electrons. The van der Waals surface area contributed by atoms with E-state index in [1.807, 2.05) is 36.4 Å². The van der Waals surface area contributed by atoms with Gasteiger partial charge in [-0.2, -0.15) is 0 Å². The number of H-pyrrole nitrogens is 1. The van der Waals surface area contributed by atoms with Gasteiger partial charge in [-0.15, -0.1) is 0 Å². The van der Waals surface area contributed by atoms with Crippen LogP contribution >= 0.6 is 0 Å². The minimum Gasteiger partial charge on any atom is -0.488 e. The van der Waals surface area contributed by atoms with Crippen molar-refractivity contribution in [3.05, 3.63) is 60.0 Å². The highest BCUT2D eigenvalue weighted by Gasteiger charge is 2.28. The molecule has 0 amide bonds. The molecule has 0 atom stereocenters. The minimum absolute atomic E-state index is 0.393. The Kier molecular flexibility index (Phi) is 3.12. The van der Waals surface area contributed by atoms with Crippen LogP contribution < -0.4 is 4.74 Å². The van der Waals surface area contributed by atoms with Crippen molar-refractivity contribution >= 4 is 5.97 Å². The van der Waals surface area contributed by atoms with Gasteiger partial charge in [0.1, 0.15) is 18.1 Å². The maximum Gasteiger partial charge on any atom is 0.355 e. The molecule has 0 spiro atoms. The molecule has 0 unspecified atom stereocenters. The molecule has 1 aliphatic rings. The summed E-state index contributed by atoms with van der Waals surface area (Å²) in [5.41, 5.74) is 4.84. The van der Waals surface area contributed by atoms with Crippen molar-refractivity contribution in [2.75, 3.05) is 7.11 Å². The predicted octanol–water partition coefficient (Wildman–Crippen LogP) is 3.42. The van der Waals surface area contributed by atoms with Crippen molar-refractivity contribution in [3.8, 4) is 28.1 Å². The van der Waals surface area contributed by atoms with E-state index < -0.39 is 5.97 Å². The Bertz CT molecular complexity index is 885. The smallest absolute Gasteiger partial charge is 0.355 e. The van der Waals surface area contributed by atoms with Crippen molar-refractivity contribution in [2.24, 2.45) is 0 Å². The van der Waals surface area contributed by atoms with Gasteiger partial charge in [-0.3, -0.25) is 4.98 Å². The van der Waals surface area contributed by atoms with Gasteiger partial charge in [-0.05, 0) is 18.2 Å². The lowest BCUT2D eigenvalue weighted by Crippen LogP contribution is -2.05. The van der Waals surface area contributed by atoms with E-state index in [0.29, 0.717) is 12.3 Å². The summed E-state index contributed by atoms with van der Waals surface area (Å²) in [5, 5.41) is 0. The van der Waals surface area contributed by atoms with Crippen molar-refractivity contribution < 1.29 is 14.3 Å². The molecule has 0 fully saturated rings. The molecule has 23 heavy (non-hydrogen) atoms. The zero-order chi connectivity index (χ0) is 15.8. The predicted molar refractivity (Wildman–Crippen MR) is 85.1 cm³/mol. The normalized spacial score (nSPS) is 12.0. The first-order valence-electron chi connectivity index (χ1n) is 7.25. The van der Waals surface area contributed by atoms with E-state index >= 15 is 0 Å². The van der Waals surface area contributed by atoms with Crippen LogP contribution in [0.4, 0.5) is 0 Å². The fraction of sp³-hybridized carbons (Fsp3) is 0.111. The quantitative estimate of drug-likeness (QED) is 0.737. The third-order valence-corrected chi connectivity index (χ3v) is 3.97. The van der Waals surface area contributed by atoms with Gasteiger partial charge in [-0.25, -0.2) is 4.79 Å². The molecule has 5 nitrogen and oxygen atoms in total. The average molecular weight is 306 g/mol. The SMILES string of the molecule is COC(=O)c1[nH]c2c(c1-c1cccnc1)COc1ccccc1-2. The first kappa shape index (κ1) is 13.6. The molecule has 0 radical (unpaired) electrons. The Morgan fingerprint density at radius 1 is 1.26 bits per heavy atom. The van der Waals surface area contributed by atoms with Crippen molar-refractivity contribution in [1.82, 2.24) is 9.97 Å². The average Bonchev–Trinajstić information content (AvgIpc) is 3.01. The lowest BCUT2D eigenvalue weighted by molar-refractivity contribution is 0.0596. The van der Waals surface area contributed by atoms with Gasteiger partial charge < -0.3 is 14.5 Å². The Morgan fingerprint density at radius 2 is 2.13 bits per heavy atom. The third kappa shape index (κ3) is 2.09. The molecular formula is C18H14N2O3. The lowest BCUT2D eigenvalue weighted by atomic mass is 9.97. The van der Waals surface area contributed by atoms with Gasteiger partial charge in [-0.1, -0.05) is 18.2 Å². The zero-order valence-electron chi connectivity index (χ0n) is 12.5. The van der Waals surface area contributed by atoms with E-state index in [1.165, 1.54) is 7.11 Å². The highest BCUT2D eigenvalue weighted by Crippen LogP contribution is 2.42. The number of nitrogens with one attached hydrogen (secondary N) is 1. The molecule has 2 aromatic heterocycles. The molecule has 4 rings (SSSR count). The maximum atomic E-state index is 12.2. The number of hydrogen-bond donors (Lipinski definition) is 1. The molecule has 0 aliphatic carbocycles. The van der Waals surface area contributed by atoms with E-state index in [4.69, 9.17) is 9.47 Å². The molecule has 0 saturated carbocycles. The van der Waals surface area contributed by atoms with Crippen LogP contribution in [0.15, 0.2) is 48.8 Å². The number of rotatable bonds is 2. The van der Waals surface area contributed by atoms with Crippen LogP contribution in [0.3, 0.4) is 0 Å². The fourth-order valence-corrected chi connectivity index (χ4v) is 2.95. The summed E-state index contributed by atoms with van der Waals surface area (Å²) < 4.78 is 10.8. The number of ether oxygens (including phenoxy) is 2. The molecule has 0 bridgehead atoms. The Balaban J connectivity index is 2.00. The number of benzene rings is 1. The number of aromatic amines is 1. The van der Waals surface area contributed by atoms with Crippen LogP contribution in [0.2, 0.25) is 0 Å². The summed E-state index contributed by atoms with van der Waals surface area (Å²) in [6.45, 7) is 0.393. The largest absolute Gasteiger partial charge is 0.488 e. The highest BCUT2D eigenvalue weighted by molar-refractivity contribution is 5.99. The van der Waals surface area contributed by atoms with Crippen LogP contribution in [0.25, 0.3) is 22.4 Å². The molecule has 3 aromatic rings. The van der Waals surface area contributed by atoms with Gasteiger partial charge in [0.15, 0.2) is 0 Å². The molecule has 3 heterocycles. The second kappa shape index (κ2) is 5.28. The minimum atomic E-state index is -0.407. The first-order valence-corrected chi connectivity index (χ1v) is 7.25. The summed E-state index contributed by atoms with van der Waals surface area (Å²) in [7, 11) is 1.37. The van der Waals surface area contributed by atoms with E-state index in [1.54, 1.807) is 12.4 Å². The van der Waals surface area contributed by atoms with E-state index in [-0.39, 0.29) is 0 Å². The fourth-order valence-electron chi connectivity index (χ4n) is 2.95. The zero-order valence-corrected chi connectivity index (χ0v) is 12.5. The number of carbonyl (C=O) groups is 1. The van der Waals surface area contributed by atoms with Gasteiger partial charge in [0.05, 0.1) is 12.8 Å². The lowest BCUT2D eigenvalue weighted by Gasteiger charge is -2.18. The molecule has 1 aromatic carbocycles. The summed E-state index contributed by atoms with van der Waals surface area (Å²) >= 11 is 0. The first-order chi connectivity index (χ1) is 11.3. The van der Waals surface area contributed by atoms with Gasteiger partial charge in [0, 0.05) is 34.6 Å². The Labute approximate surface area is 132 Å². The number of aromatic nitrogens is 2. The Hall–Kier alpha value is -3.08. The molecular weight excluding hydrogens is 292 g/mol. The van der Waals surface area contributed by atoms with E-state index in [9.17, 15) is 4.79 Å².